The number of rotatable bonds is 12. The third kappa shape index (κ3) is 6.34. The predicted octanol–water partition coefficient (Wildman–Crippen LogP) is 4.18. The van der Waals surface area contributed by atoms with Crippen molar-refractivity contribution in [2.24, 2.45) is 0 Å². The average molecular weight is 425 g/mol. The molecule has 1 aromatic carbocycles. The molecule has 0 saturated heterocycles. The van der Waals surface area contributed by atoms with Crippen LogP contribution >= 0.6 is 0 Å². The predicted molar refractivity (Wildman–Crippen MR) is 129 cm³/mol. The summed E-state index contributed by atoms with van der Waals surface area (Å²) in [5, 5.41) is 14.3. The van der Waals surface area contributed by atoms with Gasteiger partial charge < -0.3 is 25.2 Å². The topological polar surface area (TPSA) is 80.3 Å². The molecule has 0 saturated carbocycles. The van der Waals surface area contributed by atoms with E-state index in [9.17, 15) is 5.11 Å². The van der Waals surface area contributed by atoms with Crippen LogP contribution in [0.3, 0.4) is 0 Å². The number of benzene rings is 1. The highest BCUT2D eigenvalue weighted by atomic mass is 16.3. The quantitative estimate of drug-likeness (QED) is 0.379. The minimum atomic E-state index is 0.289. The van der Waals surface area contributed by atoms with Crippen molar-refractivity contribution in [1.82, 2.24) is 19.9 Å². The molecule has 0 fully saturated rings. The van der Waals surface area contributed by atoms with E-state index in [0.717, 1.165) is 73.9 Å². The van der Waals surface area contributed by atoms with Gasteiger partial charge in [0.05, 0.1) is 0 Å². The number of nitrogens with zero attached hydrogens (tertiary/aromatic N) is 4. The molecule has 3 rings (SSSR count). The number of phenolic OH excluding ortho intramolecular Hbond substituents is 1. The molecule has 0 aliphatic heterocycles. The summed E-state index contributed by atoms with van der Waals surface area (Å²) in [6, 6.07) is 7.40. The van der Waals surface area contributed by atoms with Crippen LogP contribution in [0, 0.1) is 6.92 Å². The van der Waals surface area contributed by atoms with Crippen LogP contribution in [0.4, 0.5) is 11.8 Å². The first-order chi connectivity index (χ1) is 15.0. The zero-order valence-corrected chi connectivity index (χ0v) is 19.3. The molecule has 0 aliphatic carbocycles. The number of unbranched alkanes of at least 4 members (excludes halogenated alkanes) is 1. The number of anilines is 2. The van der Waals surface area contributed by atoms with Gasteiger partial charge in [-0.15, -0.1) is 0 Å². The minimum absolute atomic E-state index is 0.289. The summed E-state index contributed by atoms with van der Waals surface area (Å²) < 4.78 is 0. The Morgan fingerprint density at radius 2 is 1.84 bits per heavy atom. The third-order valence-electron chi connectivity index (χ3n) is 5.75. The molecule has 31 heavy (non-hydrogen) atoms. The summed E-state index contributed by atoms with van der Waals surface area (Å²) in [5.41, 5.74) is 3.17. The number of aromatic amines is 1. The fourth-order valence-corrected chi connectivity index (χ4v) is 3.84. The van der Waals surface area contributed by atoms with Gasteiger partial charge in [0.2, 0.25) is 5.95 Å². The highest BCUT2D eigenvalue weighted by Crippen LogP contribution is 2.23. The van der Waals surface area contributed by atoms with Crippen molar-refractivity contribution in [1.29, 1.82) is 0 Å². The summed E-state index contributed by atoms with van der Waals surface area (Å²) in [7, 11) is 2.06. The normalized spacial score (nSPS) is 11.4. The van der Waals surface area contributed by atoms with Crippen LogP contribution in [0.1, 0.15) is 37.9 Å². The number of aryl methyl sites for hydroxylation is 1. The number of hydrogen-bond donors (Lipinski definition) is 3. The van der Waals surface area contributed by atoms with Crippen LogP contribution in [0.25, 0.3) is 10.9 Å². The molecule has 3 N–H and O–H groups in total. The lowest BCUT2D eigenvalue weighted by Crippen LogP contribution is -2.26. The minimum Gasteiger partial charge on any atom is -0.508 e. The Bertz CT molecular complexity index is 966. The van der Waals surface area contributed by atoms with Crippen LogP contribution in [-0.4, -0.2) is 64.7 Å². The van der Waals surface area contributed by atoms with Gasteiger partial charge in [0, 0.05) is 49.0 Å². The largest absolute Gasteiger partial charge is 0.508 e. The van der Waals surface area contributed by atoms with Gasteiger partial charge in [0.15, 0.2) is 0 Å². The molecule has 0 unspecified atom stereocenters. The van der Waals surface area contributed by atoms with Crippen molar-refractivity contribution in [3.63, 3.8) is 0 Å². The Balaban J connectivity index is 1.53. The van der Waals surface area contributed by atoms with Crippen molar-refractivity contribution < 1.29 is 5.11 Å². The van der Waals surface area contributed by atoms with Gasteiger partial charge in [-0.25, -0.2) is 4.98 Å². The van der Waals surface area contributed by atoms with Gasteiger partial charge in [-0.1, -0.05) is 13.8 Å². The molecular weight excluding hydrogens is 388 g/mol. The molecule has 2 aromatic heterocycles. The average Bonchev–Trinajstić information content (AvgIpc) is 3.15. The van der Waals surface area contributed by atoms with E-state index in [1.54, 1.807) is 6.07 Å². The Morgan fingerprint density at radius 1 is 1.06 bits per heavy atom. The number of hydrogen-bond acceptors (Lipinski definition) is 6. The van der Waals surface area contributed by atoms with E-state index < -0.39 is 0 Å². The highest BCUT2D eigenvalue weighted by molar-refractivity contribution is 5.84. The molecule has 0 radical (unpaired) electrons. The van der Waals surface area contributed by atoms with Gasteiger partial charge in [-0.3, -0.25) is 0 Å². The Kier molecular flexibility index (Phi) is 8.12. The van der Waals surface area contributed by atoms with E-state index in [2.05, 4.69) is 46.0 Å². The first-order valence-electron chi connectivity index (χ1n) is 11.3. The number of H-pyrrole nitrogens is 1. The summed E-state index contributed by atoms with van der Waals surface area (Å²) in [4.78, 5) is 17.2. The molecule has 0 bridgehead atoms. The van der Waals surface area contributed by atoms with Crippen molar-refractivity contribution in [2.75, 3.05) is 50.0 Å². The van der Waals surface area contributed by atoms with Crippen LogP contribution in [-0.2, 0) is 6.42 Å². The second kappa shape index (κ2) is 11.0. The fourth-order valence-electron chi connectivity index (χ4n) is 3.84. The molecule has 168 valence electrons. The lowest BCUT2D eigenvalue weighted by molar-refractivity contribution is 0.297. The number of nitrogens with one attached hydrogen (secondary N) is 2. The fraction of sp³-hybridized carbons (Fsp3) is 0.500. The zero-order valence-electron chi connectivity index (χ0n) is 19.3. The van der Waals surface area contributed by atoms with E-state index in [1.807, 2.05) is 31.3 Å². The lowest BCUT2D eigenvalue weighted by Gasteiger charge is -2.21. The first-order valence-corrected chi connectivity index (χ1v) is 11.3. The molecule has 0 atom stereocenters. The summed E-state index contributed by atoms with van der Waals surface area (Å²) >= 11 is 0. The van der Waals surface area contributed by atoms with E-state index in [0.29, 0.717) is 0 Å². The number of fused-ring (bicyclic) bond motifs is 1. The number of phenols is 1. The molecular formula is C24H36N6O. The van der Waals surface area contributed by atoms with E-state index in [4.69, 9.17) is 4.98 Å². The molecule has 0 amide bonds. The SMILES string of the molecule is CCN(CC)CCCCN(C)c1nc(C)cc(NCCc2c[nH]c3ccc(O)cc23)n1. The Hall–Kier alpha value is -2.80. The molecule has 0 aliphatic rings. The Labute approximate surface area is 185 Å². The molecule has 0 spiro atoms. The first kappa shape index (κ1) is 22.9. The highest BCUT2D eigenvalue weighted by Gasteiger charge is 2.09. The second-order valence-corrected chi connectivity index (χ2v) is 8.07. The Morgan fingerprint density at radius 3 is 2.61 bits per heavy atom. The molecule has 7 heteroatoms. The van der Waals surface area contributed by atoms with E-state index in [-0.39, 0.29) is 5.75 Å². The maximum atomic E-state index is 9.77. The van der Waals surface area contributed by atoms with E-state index in [1.165, 1.54) is 12.0 Å². The lowest BCUT2D eigenvalue weighted by atomic mass is 10.1. The smallest absolute Gasteiger partial charge is 0.227 e. The van der Waals surface area contributed by atoms with Crippen LogP contribution in [0.15, 0.2) is 30.5 Å². The number of aromatic nitrogens is 3. The van der Waals surface area contributed by atoms with Gasteiger partial charge in [-0.05, 0) is 69.6 Å². The van der Waals surface area contributed by atoms with Crippen molar-refractivity contribution in [2.45, 2.75) is 40.0 Å². The van der Waals surface area contributed by atoms with E-state index >= 15 is 0 Å². The van der Waals surface area contributed by atoms with Gasteiger partial charge >= 0.3 is 0 Å². The van der Waals surface area contributed by atoms with Gasteiger partial charge in [0.25, 0.3) is 0 Å². The van der Waals surface area contributed by atoms with Crippen molar-refractivity contribution >= 4 is 22.7 Å². The van der Waals surface area contributed by atoms with Crippen LogP contribution in [0.2, 0.25) is 0 Å². The summed E-state index contributed by atoms with van der Waals surface area (Å²) in [6.07, 6.45) is 5.15. The summed E-state index contributed by atoms with van der Waals surface area (Å²) in [6.45, 7) is 11.5. The second-order valence-electron chi connectivity index (χ2n) is 8.07. The maximum Gasteiger partial charge on any atom is 0.227 e. The maximum absolute atomic E-state index is 9.77. The molecule has 7 nitrogen and oxygen atoms in total. The van der Waals surface area contributed by atoms with Crippen LogP contribution < -0.4 is 10.2 Å². The monoisotopic (exact) mass is 424 g/mol. The van der Waals surface area contributed by atoms with Gasteiger partial charge in [-0.2, -0.15) is 4.98 Å². The molecule has 3 aromatic rings. The summed E-state index contributed by atoms with van der Waals surface area (Å²) in [5.74, 6) is 1.90. The van der Waals surface area contributed by atoms with Gasteiger partial charge in [0.1, 0.15) is 11.6 Å². The number of aromatic hydroxyl groups is 1. The van der Waals surface area contributed by atoms with Crippen molar-refractivity contribution in [3.8, 4) is 5.75 Å². The van der Waals surface area contributed by atoms with Crippen LogP contribution in [0.5, 0.6) is 5.75 Å². The zero-order chi connectivity index (χ0) is 22.2. The standard InChI is InChI=1S/C24H36N6O/c1-5-30(6-2)14-8-7-13-29(4)24-27-18(3)15-23(28-24)25-12-11-19-17-26-22-10-9-20(31)16-21(19)22/h9-10,15-17,26,31H,5-8,11-14H2,1-4H3,(H,25,27,28). The van der Waals surface area contributed by atoms with Crippen molar-refractivity contribution in [3.05, 3.63) is 41.7 Å². The third-order valence-corrected chi connectivity index (χ3v) is 5.75. The molecule has 2 heterocycles.